The Morgan fingerprint density at radius 1 is 1.50 bits per heavy atom. The minimum absolute atomic E-state index is 0.142. The molecule has 0 saturated heterocycles. The minimum atomic E-state index is -0.335. The first kappa shape index (κ1) is 12.5. The second kappa shape index (κ2) is 5.14. The molecule has 0 radical (unpaired) electrons. The second-order valence-electron chi connectivity index (χ2n) is 3.74. The number of halogens is 1. The number of aryl methyl sites for hydroxylation is 1. The number of nitrogens with zero attached hydrogens (tertiary/aromatic N) is 1. The minimum Gasteiger partial charge on any atom is -0.375 e. The summed E-state index contributed by atoms with van der Waals surface area (Å²) in [5.74, 6) is -0.622. The summed E-state index contributed by atoms with van der Waals surface area (Å²) < 4.78 is 13.3. The first-order valence-corrected chi connectivity index (χ1v) is 6.14. The van der Waals surface area contributed by atoms with Gasteiger partial charge in [0.05, 0.1) is 5.69 Å². The summed E-state index contributed by atoms with van der Waals surface area (Å²) in [5, 5.41) is 3.00. The number of nitrogen functional groups attached to an aromatic ring is 1. The Kier molecular flexibility index (Phi) is 3.57. The topological polar surface area (TPSA) is 68.0 Å². The van der Waals surface area contributed by atoms with Crippen molar-refractivity contribution < 1.29 is 9.18 Å². The lowest BCUT2D eigenvalue weighted by atomic mass is 10.2. The van der Waals surface area contributed by atoms with Gasteiger partial charge in [-0.1, -0.05) is 29.5 Å². The third-order valence-electron chi connectivity index (χ3n) is 2.42. The second-order valence-corrected chi connectivity index (χ2v) is 4.77. The SMILES string of the molecule is Cc1nc(N)sc1C(=O)NCc1ccccc1F. The van der Waals surface area contributed by atoms with Gasteiger partial charge in [-0.3, -0.25) is 4.79 Å². The van der Waals surface area contributed by atoms with E-state index in [1.807, 2.05) is 0 Å². The van der Waals surface area contributed by atoms with Gasteiger partial charge in [-0.05, 0) is 13.0 Å². The third-order valence-corrected chi connectivity index (χ3v) is 3.40. The largest absolute Gasteiger partial charge is 0.375 e. The monoisotopic (exact) mass is 265 g/mol. The smallest absolute Gasteiger partial charge is 0.263 e. The van der Waals surface area contributed by atoms with Gasteiger partial charge in [0.2, 0.25) is 0 Å². The summed E-state index contributed by atoms with van der Waals surface area (Å²) in [7, 11) is 0. The number of hydrogen-bond acceptors (Lipinski definition) is 4. The predicted molar refractivity (Wildman–Crippen MR) is 68.8 cm³/mol. The Morgan fingerprint density at radius 2 is 2.22 bits per heavy atom. The molecule has 3 N–H and O–H groups in total. The van der Waals surface area contributed by atoms with E-state index in [9.17, 15) is 9.18 Å². The van der Waals surface area contributed by atoms with E-state index in [0.29, 0.717) is 21.3 Å². The summed E-state index contributed by atoms with van der Waals surface area (Å²) in [6.07, 6.45) is 0. The Labute approximate surface area is 108 Å². The Morgan fingerprint density at radius 3 is 2.83 bits per heavy atom. The van der Waals surface area contributed by atoms with E-state index in [1.54, 1.807) is 25.1 Å². The fourth-order valence-electron chi connectivity index (χ4n) is 1.53. The lowest BCUT2D eigenvalue weighted by Gasteiger charge is -2.05. The molecule has 1 aromatic heterocycles. The fraction of sp³-hybridized carbons (Fsp3) is 0.167. The van der Waals surface area contributed by atoms with E-state index in [1.165, 1.54) is 6.07 Å². The van der Waals surface area contributed by atoms with Crippen LogP contribution in [0.2, 0.25) is 0 Å². The quantitative estimate of drug-likeness (QED) is 0.893. The Balaban J connectivity index is 2.05. The number of amides is 1. The van der Waals surface area contributed by atoms with Crippen LogP contribution in [0, 0.1) is 12.7 Å². The molecule has 6 heteroatoms. The molecule has 0 aliphatic rings. The molecule has 4 nitrogen and oxygen atoms in total. The summed E-state index contributed by atoms with van der Waals surface area (Å²) in [6, 6.07) is 6.32. The van der Waals surface area contributed by atoms with Gasteiger partial charge in [0.25, 0.3) is 5.91 Å². The highest BCUT2D eigenvalue weighted by molar-refractivity contribution is 7.17. The van der Waals surface area contributed by atoms with Gasteiger partial charge in [0.1, 0.15) is 10.7 Å². The highest BCUT2D eigenvalue weighted by Gasteiger charge is 2.14. The molecule has 2 aromatic rings. The van der Waals surface area contributed by atoms with Gasteiger partial charge in [-0.2, -0.15) is 0 Å². The number of benzene rings is 1. The normalized spacial score (nSPS) is 10.3. The maximum absolute atomic E-state index is 13.3. The number of anilines is 1. The van der Waals surface area contributed by atoms with E-state index in [-0.39, 0.29) is 18.3 Å². The van der Waals surface area contributed by atoms with Gasteiger partial charge < -0.3 is 11.1 Å². The van der Waals surface area contributed by atoms with Crippen molar-refractivity contribution in [3.8, 4) is 0 Å². The number of rotatable bonds is 3. The maximum atomic E-state index is 13.3. The third kappa shape index (κ3) is 2.65. The van der Waals surface area contributed by atoms with E-state index < -0.39 is 0 Å². The van der Waals surface area contributed by atoms with Gasteiger partial charge in [0, 0.05) is 12.1 Å². The van der Waals surface area contributed by atoms with Crippen molar-refractivity contribution in [2.75, 3.05) is 5.73 Å². The molecule has 0 aliphatic heterocycles. The first-order chi connectivity index (χ1) is 8.58. The average molecular weight is 265 g/mol. The standard InChI is InChI=1S/C12H12FN3OS/c1-7-10(18-12(14)16-7)11(17)15-6-8-4-2-3-5-9(8)13/h2-5H,6H2,1H3,(H2,14,16)(H,15,17). The van der Waals surface area contributed by atoms with E-state index in [4.69, 9.17) is 5.73 Å². The van der Waals surface area contributed by atoms with Crippen LogP contribution in [-0.4, -0.2) is 10.9 Å². The molecule has 1 amide bonds. The van der Waals surface area contributed by atoms with Crippen molar-refractivity contribution in [2.24, 2.45) is 0 Å². The number of thiazole rings is 1. The number of nitrogens with two attached hydrogens (primary N) is 1. The van der Waals surface area contributed by atoms with Crippen LogP contribution in [0.15, 0.2) is 24.3 Å². The molecule has 1 aromatic carbocycles. The van der Waals surface area contributed by atoms with Crippen LogP contribution in [-0.2, 0) is 6.54 Å². The van der Waals surface area contributed by atoms with E-state index in [2.05, 4.69) is 10.3 Å². The number of carbonyl (C=O) groups is 1. The van der Waals surface area contributed by atoms with Crippen LogP contribution in [0.1, 0.15) is 20.9 Å². The maximum Gasteiger partial charge on any atom is 0.263 e. The van der Waals surface area contributed by atoms with Crippen molar-refractivity contribution in [1.29, 1.82) is 0 Å². The molecule has 1 heterocycles. The van der Waals surface area contributed by atoms with Gasteiger partial charge in [0.15, 0.2) is 5.13 Å². The van der Waals surface area contributed by atoms with Crippen molar-refractivity contribution >= 4 is 22.4 Å². The van der Waals surface area contributed by atoms with Gasteiger partial charge in [-0.15, -0.1) is 0 Å². The van der Waals surface area contributed by atoms with Crippen molar-refractivity contribution in [3.05, 3.63) is 46.2 Å². The lowest BCUT2D eigenvalue weighted by molar-refractivity contribution is 0.0954. The molecule has 0 bridgehead atoms. The molecular formula is C12H12FN3OS. The summed E-state index contributed by atoms with van der Waals surface area (Å²) >= 11 is 1.12. The van der Waals surface area contributed by atoms with Crippen LogP contribution >= 0.6 is 11.3 Å². The molecule has 0 unspecified atom stereocenters. The average Bonchev–Trinajstić information content (AvgIpc) is 2.67. The number of nitrogens with one attached hydrogen (secondary N) is 1. The molecule has 18 heavy (non-hydrogen) atoms. The van der Waals surface area contributed by atoms with Crippen molar-refractivity contribution in [1.82, 2.24) is 10.3 Å². The summed E-state index contributed by atoms with van der Waals surface area (Å²) in [4.78, 5) is 16.3. The van der Waals surface area contributed by atoms with E-state index >= 15 is 0 Å². The zero-order valence-corrected chi connectivity index (χ0v) is 10.6. The molecule has 94 valence electrons. The Hall–Kier alpha value is -1.95. The lowest BCUT2D eigenvalue weighted by Crippen LogP contribution is -2.23. The van der Waals surface area contributed by atoms with Crippen LogP contribution in [0.25, 0.3) is 0 Å². The van der Waals surface area contributed by atoms with E-state index in [0.717, 1.165) is 11.3 Å². The highest BCUT2D eigenvalue weighted by Crippen LogP contribution is 2.19. The fourth-order valence-corrected chi connectivity index (χ4v) is 2.28. The van der Waals surface area contributed by atoms with Crippen LogP contribution in [0.5, 0.6) is 0 Å². The summed E-state index contributed by atoms with van der Waals surface area (Å²) in [5.41, 5.74) is 6.55. The van der Waals surface area contributed by atoms with Crippen LogP contribution in [0.3, 0.4) is 0 Å². The Bertz CT molecular complexity index is 582. The summed E-state index contributed by atoms with van der Waals surface area (Å²) in [6.45, 7) is 1.85. The van der Waals surface area contributed by atoms with Crippen molar-refractivity contribution in [2.45, 2.75) is 13.5 Å². The molecule has 0 aliphatic carbocycles. The molecule has 0 atom stereocenters. The van der Waals surface area contributed by atoms with Crippen LogP contribution in [0.4, 0.5) is 9.52 Å². The zero-order chi connectivity index (χ0) is 13.1. The van der Waals surface area contributed by atoms with Crippen molar-refractivity contribution in [3.63, 3.8) is 0 Å². The number of carbonyl (C=O) groups excluding carboxylic acids is 1. The highest BCUT2D eigenvalue weighted by atomic mass is 32.1. The molecule has 0 fully saturated rings. The number of hydrogen-bond donors (Lipinski definition) is 2. The molecule has 2 rings (SSSR count). The van der Waals surface area contributed by atoms with Crippen LogP contribution < -0.4 is 11.1 Å². The predicted octanol–water partition coefficient (Wildman–Crippen LogP) is 2.10. The number of aromatic nitrogens is 1. The molecule has 0 saturated carbocycles. The molecular weight excluding hydrogens is 253 g/mol. The van der Waals surface area contributed by atoms with Gasteiger partial charge >= 0.3 is 0 Å². The first-order valence-electron chi connectivity index (χ1n) is 5.32. The zero-order valence-electron chi connectivity index (χ0n) is 9.74. The van der Waals surface area contributed by atoms with Gasteiger partial charge in [-0.25, -0.2) is 9.37 Å². The molecule has 0 spiro atoms.